The Morgan fingerprint density at radius 3 is 1.56 bits per heavy atom. The van der Waals surface area contributed by atoms with Gasteiger partial charge in [-0.1, -0.05) is 5.57 Å². The van der Waals surface area contributed by atoms with Crippen LogP contribution in [0.25, 0.3) is 5.57 Å². The van der Waals surface area contributed by atoms with Crippen LogP contribution in [0.5, 0.6) is 5.75 Å². The van der Waals surface area contributed by atoms with Gasteiger partial charge in [0, 0.05) is 0 Å². The zero-order valence-corrected chi connectivity index (χ0v) is 14.0. The second-order valence-corrected chi connectivity index (χ2v) is 6.10. The third-order valence-corrected chi connectivity index (χ3v) is 3.76. The molecule has 0 heterocycles. The highest BCUT2D eigenvalue weighted by Crippen LogP contribution is 2.40. The van der Waals surface area contributed by atoms with Crippen molar-refractivity contribution in [2.45, 2.75) is 40.8 Å². The molecule has 1 rings (SSSR count). The maximum Gasteiger partial charge on any atom is 0.404 e. The van der Waals surface area contributed by atoms with Crippen molar-refractivity contribution >= 4 is 11.5 Å². The summed E-state index contributed by atoms with van der Waals surface area (Å²) in [4.78, 5) is 11.6. The molecule has 0 bridgehead atoms. The summed E-state index contributed by atoms with van der Waals surface area (Å²) in [5.74, 6) is -11.9. The number of hydrogen-bond donors (Lipinski definition) is 0. The first-order valence-electron chi connectivity index (χ1n) is 6.94. The predicted molar refractivity (Wildman–Crippen MR) is 75.7 cm³/mol. The molecular weight excluding hydrogens is 357 g/mol. The third kappa shape index (κ3) is 3.64. The van der Waals surface area contributed by atoms with Gasteiger partial charge in [-0.05, 0) is 40.2 Å². The van der Waals surface area contributed by atoms with Crippen LogP contribution in [0, 0.1) is 28.7 Å². The minimum absolute atomic E-state index is 0.110. The molecule has 0 saturated carbocycles. The van der Waals surface area contributed by atoms with E-state index >= 15 is 0 Å². The smallest absolute Gasteiger partial charge is 0.404 e. The highest BCUT2D eigenvalue weighted by molar-refractivity contribution is 5.79. The molecule has 1 aromatic carbocycles. The van der Waals surface area contributed by atoms with Crippen molar-refractivity contribution < 1.29 is 40.3 Å². The molecule has 0 fully saturated rings. The second-order valence-electron chi connectivity index (χ2n) is 6.10. The Hall–Kier alpha value is -2.06. The monoisotopic (exact) mass is 372 g/mol. The van der Waals surface area contributed by atoms with Crippen molar-refractivity contribution in [2.24, 2.45) is 5.41 Å². The first kappa shape index (κ1) is 21.0. The van der Waals surface area contributed by atoms with Gasteiger partial charge in [0.1, 0.15) is 0 Å². The number of esters is 1. The molecule has 0 N–H and O–H groups in total. The van der Waals surface area contributed by atoms with Gasteiger partial charge in [0.15, 0.2) is 17.0 Å². The van der Waals surface area contributed by atoms with E-state index in [4.69, 9.17) is 0 Å². The molecular formula is C16H15F7O2. The van der Waals surface area contributed by atoms with Crippen LogP contribution >= 0.6 is 0 Å². The highest BCUT2D eigenvalue weighted by atomic mass is 19.4. The Balaban J connectivity index is 3.52. The highest BCUT2D eigenvalue weighted by Gasteiger charge is 2.54. The van der Waals surface area contributed by atoms with E-state index in [1.807, 2.05) is 0 Å². The first-order chi connectivity index (χ1) is 11.1. The Morgan fingerprint density at radius 2 is 1.24 bits per heavy atom. The number of carbonyl (C=O) groups is 1. The molecule has 0 amide bonds. The molecule has 0 saturated heterocycles. The lowest BCUT2D eigenvalue weighted by Crippen LogP contribution is -2.42. The average Bonchev–Trinajstić information content (AvgIpc) is 2.48. The number of carbonyl (C=O) groups excluding carboxylic acids is 1. The van der Waals surface area contributed by atoms with Gasteiger partial charge >= 0.3 is 12.1 Å². The lowest BCUT2D eigenvalue weighted by Gasteiger charge is -2.25. The van der Waals surface area contributed by atoms with Crippen molar-refractivity contribution in [3.05, 3.63) is 34.4 Å². The molecule has 0 aliphatic carbocycles. The van der Waals surface area contributed by atoms with Crippen molar-refractivity contribution in [3.8, 4) is 5.75 Å². The maximum absolute atomic E-state index is 14.1. The Kier molecular flexibility index (Phi) is 5.61. The van der Waals surface area contributed by atoms with E-state index in [0.717, 1.165) is 0 Å². The summed E-state index contributed by atoms with van der Waals surface area (Å²) in [6.07, 6.45) is -5.10. The number of hydrogen-bond acceptors (Lipinski definition) is 2. The minimum atomic E-state index is -5.10. The van der Waals surface area contributed by atoms with Crippen LogP contribution in [0.1, 0.15) is 40.2 Å². The normalized spacial score (nSPS) is 12.2. The van der Waals surface area contributed by atoms with E-state index in [0.29, 0.717) is 19.4 Å². The van der Waals surface area contributed by atoms with Crippen LogP contribution in [0.3, 0.4) is 0 Å². The third-order valence-electron chi connectivity index (χ3n) is 3.76. The van der Waals surface area contributed by atoms with Gasteiger partial charge in [-0.25, -0.2) is 8.78 Å². The van der Waals surface area contributed by atoms with Gasteiger partial charge in [-0.3, -0.25) is 4.79 Å². The largest absolute Gasteiger partial charge is 0.419 e. The molecule has 0 aliphatic heterocycles. The van der Waals surface area contributed by atoms with Crippen molar-refractivity contribution in [1.82, 2.24) is 0 Å². The van der Waals surface area contributed by atoms with Crippen LogP contribution in [-0.2, 0) is 4.79 Å². The minimum Gasteiger partial charge on any atom is -0.419 e. The van der Waals surface area contributed by atoms with Gasteiger partial charge in [-0.2, -0.15) is 22.0 Å². The average molecular weight is 372 g/mol. The van der Waals surface area contributed by atoms with Crippen LogP contribution in [0.15, 0.2) is 5.57 Å². The van der Waals surface area contributed by atoms with E-state index in [1.165, 1.54) is 20.8 Å². The zero-order chi connectivity index (χ0) is 19.9. The van der Waals surface area contributed by atoms with Crippen LogP contribution < -0.4 is 4.74 Å². The standard InChI is InChI=1S/C16H15F7O2/c1-6(2)7(3)8-9(17)11(19)13(12(20)10(8)18)25-14(24)15(4,5)16(21,22)23/h1-5H3. The summed E-state index contributed by atoms with van der Waals surface area (Å²) >= 11 is 0. The number of allylic oxidation sites excluding steroid dienone is 2. The molecule has 0 radical (unpaired) electrons. The van der Waals surface area contributed by atoms with Crippen molar-refractivity contribution in [1.29, 1.82) is 0 Å². The second kappa shape index (κ2) is 6.68. The van der Waals surface area contributed by atoms with E-state index in [-0.39, 0.29) is 5.57 Å². The lowest BCUT2D eigenvalue weighted by atomic mass is 9.93. The number of halogens is 7. The first-order valence-corrected chi connectivity index (χ1v) is 6.94. The fourth-order valence-electron chi connectivity index (χ4n) is 1.62. The predicted octanol–water partition coefficient (Wildman–Crippen LogP) is 5.55. The van der Waals surface area contributed by atoms with E-state index in [1.54, 1.807) is 0 Å². The fourth-order valence-corrected chi connectivity index (χ4v) is 1.62. The summed E-state index contributed by atoms with van der Waals surface area (Å²) < 4.78 is 98.5. The van der Waals surface area contributed by atoms with Gasteiger partial charge in [-0.15, -0.1) is 0 Å². The molecule has 1 aromatic rings. The molecule has 0 aliphatic rings. The molecule has 0 aromatic heterocycles. The molecule has 0 atom stereocenters. The molecule has 0 spiro atoms. The Bertz CT molecular complexity index is 713. The lowest BCUT2D eigenvalue weighted by molar-refractivity contribution is -0.219. The molecule has 140 valence electrons. The van der Waals surface area contributed by atoms with Crippen molar-refractivity contribution in [2.75, 3.05) is 0 Å². The van der Waals surface area contributed by atoms with Crippen molar-refractivity contribution in [3.63, 3.8) is 0 Å². The maximum atomic E-state index is 14.1. The Morgan fingerprint density at radius 1 is 0.840 bits per heavy atom. The molecule has 2 nitrogen and oxygen atoms in total. The topological polar surface area (TPSA) is 26.3 Å². The van der Waals surface area contributed by atoms with E-state index < -0.39 is 52.1 Å². The summed E-state index contributed by atoms with van der Waals surface area (Å²) in [6.45, 7) is 4.88. The summed E-state index contributed by atoms with van der Waals surface area (Å²) in [5.41, 5.74) is -3.93. The molecule has 9 heteroatoms. The molecule has 0 unspecified atom stereocenters. The SMILES string of the molecule is CC(C)=C(C)c1c(F)c(F)c(OC(=O)C(C)(C)C(F)(F)F)c(F)c1F. The summed E-state index contributed by atoms with van der Waals surface area (Å²) in [7, 11) is 0. The van der Waals surface area contributed by atoms with Gasteiger partial charge in [0.05, 0.1) is 5.56 Å². The zero-order valence-electron chi connectivity index (χ0n) is 14.0. The Labute approximate surface area is 139 Å². The van der Waals surface area contributed by atoms with E-state index in [2.05, 4.69) is 4.74 Å². The van der Waals surface area contributed by atoms with E-state index in [9.17, 15) is 35.5 Å². The quantitative estimate of drug-likeness (QED) is 0.301. The number of benzene rings is 1. The fraction of sp³-hybridized carbons (Fsp3) is 0.438. The number of alkyl halides is 3. The summed E-state index contributed by atoms with van der Waals surface area (Å²) in [6, 6.07) is 0. The number of ether oxygens (including phenoxy) is 1. The van der Waals surface area contributed by atoms with Crippen LogP contribution in [0.2, 0.25) is 0 Å². The number of rotatable bonds is 3. The van der Waals surface area contributed by atoms with Crippen LogP contribution in [0.4, 0.5) is 30.7 Å². The van der Waals surface area contributed by atoms with Gasteiger partial charge in [0.25, 0.3) is 0 Å². The van der Waals surface area contributed by atoms with Gasteiger partial charge < -0.3 is 4.74 Å². The summed E-state index contributed by atoms with van der Waals surface area (Å²) in [5, 5.41) is 0. The van der Waals surface area contributed by atoms with Crippen LogP contribution in [-0.4, -0.2) is 12.1 Å². The molecule has 25 heavy (non-hydrogen) atoms. The van der Waals surface area contributed by atoms with Gasteiger partial charge in [0.2, 0.25) is 17.4 Å².